The standard InChI is InChI=1S/C26H32N2O/c1-8-18(4)16-24(17(2)3)28-20(6)22-12-14-23(15-13-22)27-21(7)26-19(5)10-9-11-25(26)29/h8-16,19,26-27,29H,1,7H2,2-6H3/b18-16-,28-20?. The lowest BCUT2D eigenvalue weighted by Gasteiger charge is -2.26. The van der Waals surface area contributed by atoms with Crippen LogP contribution in [0.5, 0.6) is 0 Å². The molecule has 0 heterocycles. The molecule has 3 heteroatoms. The van der Waals surface area contributed by atoms with E-state index in [0.717, 1.165) is 39.5 Å². The largest absolute Gasteiger partial charge is 0.512 e. The molecule has 1 aromatic carbocycles. The van der Waals surface area contributed by atoms with Crippen molar-refractivity contribution in [1.29, 1.82) is 0 Å². The Hall–Kier alpha value is -3.07. The van der Waals surface area contributed by atoms with Gasteiger partial charge < -0.3 is 10.4 Å². The number of rotatable bonds is 7. The molecule has 0 radical (unpaired) electrons. The van der Waals surface area contributed by atoms with E-state index in [1.165, 1.54) is 0 Å². The van der Waals surface area contributed by atoms with Crippen LogP contribution in [0.15, 0.2) is 101 Å². The summed E-state index contributed by atoms with van der Waals surface area (Å²) in [7, 11) is 0. The predicted molar refractivity (Wildman–Crippen MR) is 126 cm³/mol. The maximum absolute atomic E-state index is 10.2. The van der Waals surface area contributed by atoms with Crippen LogP contribution in [0.2, 0.25) is 0 Å². The molecule has 0 bridgehead atoms. The van der Waals surface area contributed by atoms with Crippen LogP contribution in [0.4, 0.5) is 5.69 Å². The van der Waals surface area contributed by atoms with E-state index >= 15 is 0 Å². The molecule has 0 saturated heterocycles. The molecular formula is C26H32N2O. The normalized spacial score (nSPS) is 19.4. The van der Waals surface area contributed by atoms with Crippen LogP contribution in [0.1, 0.15) is 40.2 Å². The van der Waals surface area contributed by atoms with Gasteiger partial charge in [-0.05, 0) is 69.0 Å². The van der Waals surface area contributed by atoms with Gasteiger partial charge in [-0.1, -0.05) is 56.0 Å². The summed E-state index contributed by atoms with van der Waals surface area (Å²) in [4.78, 5) is 4.80. The van der Waals surface area contributed by atoms with Crippen molar-refractivity contribution in [2.24, 2.45) is 16.8 Å². The maximum Gasteiger partial charge on any atom is 0.102 e. The van der Waals surface area contributed by atoms with Gasteiger partial charge in [0.15, 0.2) is 0 Å². The first-order chi connectivity index (χ1) is 13.7. The van der Waals surface area contributed by atoms with E-state index in [2.05, 4.69) is 45.3 Å². The average Bonchev–Trinajstić information content (AvgIpc) is 2.67. The third-order valence-electron chi connectivity index (χ3n) is 5.00. The Labute approximate surface area is 175 Å². The predicted octanol–water partition coefficient (Wildman–Crippen LogP) is 7.11. The zero-order chi connectivity index (χ0) is 21.6. The van der Waals surface area contributed by atoms with Gasteiger partial charge in [-0.25, -0.2) is 0 Å². The number of aliphatic imine (C=N–C) groups is 1. The van der Waals surface area contributed by atoms with Crippen LogP contribution in [-0.2, 0) is 0 Å². The molecule has 0 amide bonds. The summed E-state index contributed by atoms with van der Waals surface area (Å²) in [5.41, 5.74) is 6.92. The van der Waals surface area contributed by atoms with Crippen LogP contribution in [0.3, 0.4) is 0 Å². The molecule has 2 unspecified atom stereocenters. The maximum atomic E-state index is 10.2. The molecule has 2 N–H and O–H groups in total. The number of anilines is 1. The second kappa shape index (κ2) is 9.92. The summed E-state index contributed by atoms with van der Waals surface area (Å²) in [6.45, 7) is 18.2. The first kappa shape index (κ1) is 22.2. The topological polar surface area (TPSA) is 44.6 Å². The van der Waals surface area contributed by atoms with Crippen molar-refractivity contribution in [3.8, 4) is 0 Å². The summed E-state index contributed by atoms with van der Waals surface area (Å²) in [5, 5.41) is 13.5. The molecule has 0 aromatic heterocycles. The molecule has 3 nitrogen and oxygen atoms in total. The van der Waals surface area contributed by atoms with E-state index in [-0.39, 0.29) is 11.8 Å². The van der Waals surface area contributed by atoms with Crippen molar-refractivity contribution in [2.75, 3.05) is 5.32 Å². The number of aliphatic hydroxyl groups is 1. The van der Waals surface area contributed by atoms with E-state index in [4.69, 9.17) is 4.99 Å². The van der Waals surface area contributed by atoms with Gasteiger partial charge in [-0.2, -0.15) is 0 Å². The summed E-state index contributed by atoms with van der Waals surface area (Å²) >= 11 is 0. The van der Waals surface area contributed by atoms with Crippen molar-refractivity contribution >= 4 is 11.4 Å². The molecule has 1 aliphatic rings. The van der Waals surface area contributed by atoms with Crippen LogP contribution in [-0.4, -0.2) is 10.8 Å². The SMILES string of the molecule is C=C/C(C)=C\C(N=C(C)c1ccc(NC(=C)C2C(O)=CC=CC2C)cc1)=C(C)C. The third-order valence-corrected chi connectivity index (χ3v) is 5.00. The number of benzene rings is 1. The lowest BCUT2D eigenvalue weighted by Crippen LogP contribution is -2.21. The van der Waals surface area contributed by atoms with Gasteiger partial charge in [0.1, 0.15) is 5.76 Å². The highest BCUT2D eigenvalue weighted by Gasteiger charge is 2.24. The minimum absolute atomic E-state index is 0.122. The molecule has 0 saturated carbocycles. The van der Waals surface area contributed by atoms with Crippen LogP contribution >= 0.6 is 0 Å². The smallest absolute Gasteiger partial charge is 0.102 e. The zero-order valence-electron chi connectivity index (χ0n) is 18.2. The summed E-state index contributed by atoms with van der Waals surface area (Å²) in [6.07, 6.45) is 9.56. The number of aliphatic hydroxyl groups excluding tert-OH is 1. The van der Waals surface area contributed by atoms with Crippen molar-refractivity contribution in [3.05, 3.63) is 102 Å². The van der Waals surface area contributed by atoms with Gasteiger partial charge in [0, 0.05) is 17.1 Å². The molecule has 0 spiro atoms. The van der Waals surface area contributed by atoms with Crippen LogP contribution < -0.4 is 5.32 Å². The Morgan fingerprint density at radius 1 is 1.14 bits per heavy atom. The van der Waals surface area contributed by atoms with Gasteiger partial charge in [0.25, 0.3) is 0 Å². The number of allylic oxidation sites excluding steroid dienone is 7. The highest BCUT2D eigenvalue weighted by atomic mass is 16.3. The Morgan fingerprint density at radius 3 is 2.34 bits per heavy atom. The van der Waals surface area contributed by atoms with E-state index in [1.54, 1.807) is 6.08 Å². The Bertz CT molecular complexity index is 920. The van der Waals surface area contributed by atoms with Crippen LogP contribution in [0, 0.1) is 11.8 Å². The molecule has 1 aliphatic carbocycles. The molecule has 0 fully saturated rings. The summed E-state index contributed by atoms with van der Waals surface area (Å²) in [5.74, 6) is 0.417. The van der Waals surface area contributed by atoms with Crippen molar-refractivity contribution in [3.63, 3.8) is 0 Å². The highest BCUT2D eigenvalue weighted by molar-refractivity contribution is 5.99. The minimum atomic E-state index is -0.122. The summed E-state index contributed by atoms with van der Waals surface area (Å²) < 4.78 is 0. The molecule has 152 valence electrons. The third kappa shape index (κ3) is 5.95. The fraction of sp³-hybridized carbons (Fsp3) is 0.269. The monoisotopic (exact) mass is 388 g/mol. The number of nitrogens with one attached hydrogen (secondary N) is 1. The van der Waals surface area contributed by atoms with Gasteiger partial charge >= 0.3 is 0 Å². The lowest BCUT2D eigenvalue weighted by molar-refractivity contribution is 0.318. The second-order valence-electron chi connectivity index (χ2n) is 7.72. The van der Waals surface area contributed by atoms with Crippen LogP contribution in [0.25, 0.3) is 0 Å². The molecule has 1 aromatic rings. The van der Waals surface area contributed by atoms with Gasteiger partial charge in [0.05, 0.1) is 11.6 Å². The summed E-state index contributed by atoms with van der Waals surface area (Å²) in [6, 6.07) is 8.11. The number of hydrogen-bond donors (Lipinski definition) is 2. The van der Waals surface area contributed by atoms with E-state index in [0.29, 0.717) is 5.76 Å². The molecule has 2 rings (SSSR count). The first-order valence-electron chi connectivity index (χ1n) is 9.90. The first-order valence-corrected chi connectivity index (χ1v) is 9.90. The fourth-order valence-corrected chi connectivity index (χ4v) is 3.18. The second-order valence-corrected chi connectivity index (χ2v) is 7.72. The highest BCUT2D eigenvalue weighted by Crippen LogP contribution is 2.31. The minimum Gasteiger partial charge on any atom is -0.512 e. The quantitative estimate of drug-likeness (QED) is 0.386. The van der Waals surface area contributed by atoms with Crippen molar-refractivity contribution in [1.82, 2.24) is 0 Å². The molecular weight excluding hydrogens is 356 g/mol. The average molecular weight is 389 g/mol. The molecule has 0 aliphatic heterocycles. The molecule has 2 atom stereocenters. The Balaban J connectivity index is 2.16. The van der Waals surface area contributed by atoms with E-state index in [9.17, 15) is 5.11 Å². The van der Waals surface area contributed by atoms with E-state index in [1.807, 2.05) is 56.3 Å². The van der Waals surface area contributed by atoms with E-state index < -0.39 is 0 Å². The molecule has 29 heavy (non-hydrogen) atoms. The Kier molecular flexibility index (Phi) is 7.60. The number of nitrogens with zero attached hydrogens (tertiary/aromatic N) is 1. The van der Waals surface area contributed by atoms with Gasteiger partial charge in [-0.3, -0.25) is 4.99 Å². The number of hydrogen-bond acceptors (Lipinski definition) is 3. The zero-order valence-corrected chi connectivity index (χ0v) is 18.2. The van der Waals surface area contributed by atoms with Gasteiger partial charge in [-0.15, -0.1) is 0 Å². The van der Waals surface area contributed by atoms with Crippen molar-refractivity contribution < 1.29 is 5.11 Å². The lowest BCUT2D eigenvalue weighted by atomic mass is 9.86. The fourth-order valence-electron chi connectivity index (χ4n) is 3.18. The Morgan fingerprint density at radius 2 is 1.79 bits per heavy atom. The van der Waals surface area contributed by atoms with Crippen molar-refractivity contribution in [2.45, 2.75) is 34.6 Å². The van der Waals surface area contributed by atoms with Gasteiger partial charge in [0.2, 0.25) is 0 Å².